The van der Waals surface area contributed by atoms with E-state index in [0.29, 0.717) is 44.6 Å². The van der Waals surface area contributed by atoms with Gasteiger partial charge in [-0.3, -0.25) is 14.5 Å². The van der Waals surface area contributed by atoms with Crippen molar-refractivity contribution in [2.75, 3.05) is 32.7 Å². The lowest BCUT2D eigenvalue weighted by molar-refractivity contribution is -0.135. The maximum absolute atomic E-state index is 12.1. The summed E-state index contributed by atoms with van der Waals surface area (Å²) in [5.41, 5.74) is -0.707. The van der Waals surface area contributed by atoms with Crippen molar-refractivity contribution in [2.24, 2.45) is 0 Å². The van der Waals surface area contributed by atoms with E-state index >= 15 is 0 Å². The largest absolute Gasteiger partial charge is 0.388 e. The van der Waals surface area contributed by atoms with Gasteiger partial charge in [0.25, 0.3) is 0 Å². The predicted molar refractivity (Wildman–Crippen MR) is 96.1 cm³/mol. The van der Waals surface area contributed by atoms with Crippen LogP contribution < -0.4 is 0 Å². The molecular weight excluding hydrogens is 318 g/mol. The van der Waals surface area contributed by atoms with E-state index in [4.69, 9.17) is 0 Å². The van der Waals surface area contributed by atoms with Crippen molar-refractivity contribution in [3.8, 4) is 0 Å². The van der Waals surface area contributed by atoms with Crippen LogP contribution in [0.5, 0.6) is 0 Å². The predicted octanol–water partition coefficient (Wildman–Crippen LogP) is 1.23. The zero-order valence-corrected chi connectivity index (χ0v) is 15.7. The number of fused-ring (bicyclic) bond motifs is 1. The lowest BCUT2D eigenvalue weighted by Gasteiger charge is -2.48. The van der Waals surface area contributed by atoms with Gasteiger partial charge in [0.15, 0.2) is 0 Å². The number of β-amino-alcohol motifs (C(OH)–C–C–N with tert-alkyl or cyclic N) is 1. The van der Waals surface area contributed by atoms with Crippen LogP contribution in [0.4, 0.5) is 0 Å². The van der Waals surface area contributed by atoms with E-state index in [0.717, 1.165) is 45.2 Å². The first kappa shape index (κ1) is 18.6. The summed E-state index contributed by atoms with van der Waals surface area (Å²) in [6.45, 7) is 7.13. The number of likely N-dealkylation sites (tertiary alicyclic amines) is 3. The summed E-state index contributed by atoms with van der Waals surface area (Å²) in [4.78, 5) is 30.0. The van der Waals surface area contributed by atoms with Crippen LogP contribution in [0.1, 0.15) is 58.8 Å². The average Bonchev–Trinajstić information content (AvgIpc) is 2.78. The number of aliphatic hydroxyl groups is 1. The van der Waals surface area contributed by atoms with Crippen LogP contribution in [0.2, 0.25) is 0 Å². The van der Waals surface area contributed by atoms with E-state index in [9.17, 15) is 14.7 Å². The van der Waals surface area contributed by atoms with E-state index in [-0.39, 0.29) is 11.8 Å². The molecule has 2 amide bonds. The molecule has 0 aromatic rings. The molecule has 3 fully saturated rings. The highest BCUT2D eigenvalue weighted by molar-refractivity contribution is 5.74. The second-order valence-corrected chi connectivity index (χ2v) is 8.19. The molecule has 3 saturated heterocycles. The number of amides is 2. The number of piperidine rings is 2. The molecule has 3 aliphatic rings. The molecule has 3 rings (SSSR count). The van der Waals surface area contributed by atoms with Crippen molar-refractivity contribution in [3.63, 3.8) is 0 Å². The van der Waals surface area contributed by atoms with E-state index in [1.54, 1.807) is 13.8 Å². The van der Waals surface area contributed by atoms with Gasteiger partial charge >= 0.3 is 0 Å². The van der Waals surface area contributed by atoms with Gasteiger partial charge in [0.1, 0.15) is 0 Å². The summed E-state index contributed by atoms with van der Waals surface area (Å²) in [5, 5.41) is 11.1. The Hall–Kier alpha value is -1.14. The fourth-order valence-electron chi connectivity index (χ4n) is 5.01. The molecule has 3 aliphatic heterocycles. The highest BCUT2D eigenvalue weighted by Gasteiger charge is 2.42. The second kappa shape index (κ2) is 7.62. The van der Waals surface area contributed by atoms with Crippen LogP contribution in [0.15, 0.2) is 0 Å². The van der Waals surface area contributed by atoms with Crippen LogP contribution in [0, 0.1) is 0 Å². The van der Waals surface area contributed by atoms with Gasteiger partial charge in [-0.05, 0) is 45.1 Å². The molecule has 0 aromatic heterocycles. The summed E-state index contributed by atoms with van der Waals surface area (Å²) in [6, 6.07) is 0.671. The molecule has 0 bridgehead atoms. The first-order valence-corrected chi connectivity index (χ1v) is 9.89. The van der Waals surface area contributed by atoms with Gasteiger partial charge in [0.05, 0.1) is 5.60 Å². The average molecular weight is 351 g/mol. The van der Waals surface area contributed by atoms with Crippen molar-refractivity contribution in [1.82, 2.24) is 14.7 Å². The Morgan fingerprint density at radius 2 is 1.60 bits per heavy atom. The lowest BCUT2D eigenvalue weighted by atomic mass is 9.86. The minimum absolute atomic E-state index is 0.0981. The van der Waals surface area contributed by atoms with Crippen molar-refractivity contribution >= 4 is 11.8 Å². The quantitative estimate of drug-likeness (QED) is 0.813. The Labute approximate surface area is 151 Å². The highest BCUT2D eigenvalue weighted by Crippen LogP contribution is 2.32. The van der Waals surface area contributed by atoms with Crippen molar-refractivity contribution in [1.29, 1.82) is 0 Å². The molecule has 0 aromatic carbocycles. The number of carbonyl (C=O) groups excluding carboxylic acids is 2. The molecule has 0 unspecified atom stereocenters. The molecule has 142 valence electrons. The van der Waals surface area contributed by atoms with Crippen molar-refractivity contribution in [2.45, 2.75) is 76.5 Å². The number of hydrogen-bond donors (Lipinski definition) is 1. The van der Waals surface area contributed by atoms with Gasteiger partial charge in [-0.25, -0.2) is 0 Å². The van der Waals surface area contributed by atoms with Crippen molar-refractivity contribution in [3.05, 3.63) is 0 Å². The summed E-state index contributed by atoms with van der Waals surface area (Å²) >= 11 is 0. The first-order chi connectivity index (χ1) is 11.9. The third-order valence-electron chi connectivity index (χ3n) is 6.45. The van der Waals surface area contributed by atoms with Crippen LogP contribution in [-0.4, -0.2) is 82.0 Å². The zero-order chi connectivity index (χ0) is 18.0. The normalized spacial score (nSPS) is 30.5. The first-order valence-electron chi connectivity index (χ1n) is 9.89. The molecular formula is C19H33N3O3. The molecule has 3 heterocycles. The third-order valence-corrected chi connectivity index (χ3v) is 6.45. The van der Waals surface area contributed by atoms with Crippen LogP contribution in [0.3, 0.4) is 0 Å². The molecule has 6 nitrogen and oxygen atoms in total. The third kappa shape index (κ3) is 4.17. The number of carbonyl (C=O) groups is 2. The maximum atomic E-state index is 12.1. The van der Waals surface area contributed by atoms with Gasteiger partial charge in [-0.2, -0.15) is 0 Å². The SMILES string of the molecule is CC(=O)N1CCC(O)(CN2CCC[C@@H]3[C@H]2CCCCN3C(C)=O)CC1. The summed E-state index contributed by atoms with van der Waals surface area (Å²) in [7, 11) is 0. The molecule has 6 heteroatoms. The molecule has 25 heavy (non-hydrogen) atoms. The fourth-order valence-corrected chi connectivity index (χ4v) is 5.01. The van der Waals surface area contributed by atoms with E-state index in [1.165, 1.54) is 0 Å². The van der Waals surface area contributed by atoms with Gasteiger partial charge in [0.2, 0.25) is 11.8 Å². The van der Waals surface area contributed by atoms with Crippen molar-refractivity contribution < 1.29 is 14.7 Å². The number of rotatable bonds is 2. The zero-order valence-electron chi connectivity index (χ0n) is 15.7. The summed E-state index contributed by atoms with van der Waals surface area (Å²) in [5.74, 6) is 0.285. The standard InChI is InChI=1S/C19H33N3O3/c1-15(23)20-12-8-19(25,9-13-20)14-21-10-5-7-18-17(21)6-3-4-11-22(18)16(2)24/h17-18,25H,3-14H2,1-2H3/t17-,18-/m1/s1. The highest BCUT2D eigenvalue weighted by atomic mass is 16.3. The molecule has 1 N–H and O–H groups in total. The lowest BCUT2D eigenvalue weighted by Crippen LogP contribution is -2.60. The molecule has 0 aliphatic carbocycles. The van der Waals surface area contributed by atoms with Gasteiger partial charge < -0.3 is 14.9 Å². The molecule has 2 atom stereocenters. The number of hydrogen-bond acceptors (Lipinski definition) is 4. The molecule has 0 spiro atoms. The maximum Gasteiger partial charge on any atom is 0.219 e. The van der Waals surface area contributed by atoms with E-state index in [1.807, 2.05) is 4.90 Å². The molecule has 0 saturated carbocycles. The second-order valence-electron chi connectivity index (χ2n) is 8.19. The number of nitrogens with zero attached hydrogens (tertiary/aromatic N) is 3. The fraction of sp³-hybridized carbons (Fsp3) is 0.895. The smallest absolute Gasteiger partial charge is 0.219 e. The monoisotopic (exact) mass is 351 g/mol. The minimum atomic E-state index is -0.707. The summed E-state index contributed by atoms with van der Waals surface area (Å²) < 4.78 is 0. The van der Waals surface area contributed by atoms with E-state index < -0.39 is 5.60 Å². The minimum Gasteiger partial charge on any atom is -0.388 e. The Morgan fingerprint density at radius 3 is 2.24 bits per heavy atom. The van der Waals surface area contributed by atoms with Crippen LogP contribution in [-0.2, 0) is 9.59 Å². The van der Waals surface area contributed by atoms with Gasteiger partial charge in [-0.1, -0.05) is 6.42 Å². The summed E-state index contributed by atoms with van der Waals surface area (Å²) in [6.07, 6.45) is 6.81. The Balaban J connectivity index is 1.67. The van der Waals surface area contributed by atoms with Crippen LogP contribution >= 0.6 is 0 Å². The van der Waals surface area contributed by atoms with E-state index in [2.05, 4.69) is 9.80 Å². The van der Waals surface area contributed by atoms with Crippen LogP contribution in [0.25, 0.3) is 0 Å². The Bertz CT molecular complexity index is 502. The Morgan fingerprint density at radius 1 is 0.920 bits per heavy atom. The topological polar surface area (TPSA) is 64.1 Å². The Kier molecular flexibility index (Phi) is 5.68. The van der Waals surface area contributed by atoms with Gasteiger partial charge in [0, 0.05) is 52.1 Å². The van der Waals surface area contributed by atoms with Gasteiger partial charge in [-0.15, -0.1) is 0 Å². The molecule has 0 radical (unpaired) electrons.